The van der Waals surface area contributed by atoms with Crippen LogP contribution in [0.2, 0.25) is 0 Å². The molecule has 1 unspecified atom stereocenters. The maximum atomic E-state index is 13.7. The van der Waals surface area contributed by atoms with Crippen LogP contribution < -0.4 is 4.90 Å². The Morgan fingerprint density at radius 2 is 1.70 bits per heavy atom. The number of aromatic nitrogens is 2. The zero-order valence-corrected chi connectivity index (χ0v) is 19.7. The number of benzene rings is 2. The Balaban J connectivity index is 1.89. The molecule has 1 aliphatic rings. The first kappa shape index (κ1) is 22.7. The van der Waals surface area contributed by atoms with Gasteiger partial charge in [0.05, 0.1) is 22.6 Å². The zero-order valence-electron chi connectivity index (χ0n) is 19.7. The Hall–Kier alpha value is -3.48. The molecule has 1 amide bonds. The molecule has 3 aromatic rings. The standard InChI is InChI=1S/C26H28FN3O3/c1-25(2,3)15-9-7-14(8-10-15)20-19(22(32)26(4,5)6)21(31)23(33)30(20)24-28-17-12-11-16(27)13-18(17)29-24/h7-13,20,31H,1-6H3,(H,28,29). The van der Waals surface area contributed by atoms with E-state index in [1.165, 1.54) is 23.1 Å². The normalized spacial score (nSPS) is 17.4. The van der Waals surface area contributed by atoms with E-state index in [1.54, 1.807) is 20.8 Å². The van der Waals surface area contributed by atoms with Gasteiger partial charge in [-0.25, -0.2) is 9.37 Å². The molecule has 2 N–H and O–H groups in total. The molecule has 2 heterocycles. The first-order chi connectivity index (χ1) is 15.3. The SMILES string of the molecule is CC(C)(C)C(=O)C1=C(O)C(=O)N(c2nc3ccc(F)cc3[nH]2)C1c1ccc(C(C)(C)C)cc1. The molecule has 6 nitrogen and oxygen atoms in total. The number of aliphatic hydroxyl groups is 1. The molecule has 0 aliphatic carbocycles. The number of hydrogen-bond acceptors (Lipinski definition) is 4. The summed E-state index contributed by atoms with van der Waals surface area (Å²) in [5.74, 6) is -1.96. The number of halogens is 1. The topological polar surface area (TPSA) is 86.3 Å². The number of amides is 1. The molecule has 0 radical (unpaired) electrons. The maximum absolute atomic E-state index is 13.7. The average Bonchev–Trinajstić information content (AvgIpc) is 3.24. The van der Waals surface area contributed by atoms with Crippen molar-refractivity contribution in [2.45, 2.75) is 53.0 Å². The van der Waals surface area contributed by atoms with E-state index in [0.29, 0.717) is 16.6 Å². The molecular weight excluding hydrogens is 421 g/mol. The van der Waals surface area contributed by atoms with Gasteiger partial charge in [0, 0.05) is 5.41 Å². The number of rotatable bonds is 3. The van der Waals surface area contributed by atoms with Gasteiger partial charge >= 0.3 is 0 Å². The third kappa shape index (κ3) is 3.92. The van der Waals surface area contributed by atoms with E-state index >= 15 is 0 Å². The Morgan fingerprint density at radius 1 is 1.06 bits per heavy atom. The minimum Gasteiger partial charge on any atom is -0.503 e. The lowest BCUT2D eigenvalue weighted by Crippen LogP contribution is -2.33. The van der Waals surface area contributed by atoms with Crippen LogP contribution in [0, 0.1) is 11.2 Å². The van der Waals surface area contributed by atoms with Gasteiger partial charge in [-0.15, -0.1) is 0 Å². The first-order valence-electron chi connectivity index (χ1n) is 10.9. The van der Waals surface area contributed by atoms with Crippen LogP contribution in [0.25, 0.3) is 11.0 Å². The van der Waals surface area contributed by atoms with Crippen LogP contribution in [0.3, 0.4) is 0 Å². The summed E-state index contributed by atoms with van der Waals surface area (Å²) in [5, 5.41) is 10.8. The van der Waals surface area contributed by atoms with E-state index in [4.69, 9.17) is 0 Å². The predicted molar refractivity (Wildman–Crippen MR) is 126 cm³/mol. The van der Waals surface area contributed by atoms with Crippen molar-refractivity contribution in [1.82, 2.24) is 9.97 Å². The highest BCUT2D eigenvalue weighted by molar-refractivity contribution is 6.17. The van der Waals surface area contributed by atoms with Gasteiger partial charge in [0.25, 0.3) is 5.91 Å². The van der Waals surface area contributed by atoms with E-state index in [9.17, 15) is 19.1 Å². The van der Waals surface area contributed by atoms with Crippen LogP contribution in [0.5, 0.6) is 0 Å². The number of fused-ring (bicyclic) bond motifs is 1. The number of aromatic amines is 1. The quantitative estimate of drug-likeness (QED) is 0.552. The van der Waals surface area contributed by atoms with Crippen LogP contribution in [-0.4, -0.2) is 26.8 Å². The number of aliphatic hydroxyl groups excluding tert-OH is 1. The third-order valence-electron chi connectivity index (χ3n) is 5.89. The van der Waals surface area contributed by atoms with Gasteiger partial charge in [-0.05, 0) is 34.7 Å². The van der Waals surface area contributed by atoms with Gasteiger partial charge in [-0.1, -0.05) is 65.8 Å². The first-order valence-corrected chi connectivity index (χ1v) is 10.9. The fourth-order valence-corrected chi connectivity index (χ4v) is 4.02. The van der Waals surface area contributed by atoms with E-state index in [1.807, 2.05) is 24.3 Å². The van der Waals surface area contributed by atoms with E-state index in [0.717, 1.165) is 5.56 Å². The van der Waals surface area contributed by atoms with Crippen molar-refractivity contribution in [3.63, 3.8) is 0 Å². The lowest BCUT2D eigenvalue weighted by molar-refractivity contribution is -0.123. The van der Waals surface area contributed by atoms with Crippen LogP contribution in [0.1, 0.15) is 58.7 Å². The van der Waals surface area contributed by atoms with E-state index in [-0.39, 0.29) is 22.7 Å². The van der Waals surface area contributed by atoms with Crippen LogP contribution >= 0.6 is 0 Å². The van der Waals surface area contributed by atoms with Crippen molar-refractivity contribution in [1.29, 1.82) is 0 Å². The zero-order chi connectivity index (χ0) is 24.3. The Kier molecular flexibility index (Phi) is 5.19. The minimum atomic E-state index is -0.872. The number of H-pyrrole nitrogens is 1. The minimum absolute atomic E-state index is 0.0302. The molecule has 33 heavy (non-hydrogen) atoms. The summed E-state index contributed by atoms with van der Waals surface area (Å²) in [5.41, 5.74) is 1.78. The molecule has 4 rings (SSSR count). The predicted octanol–water partition coefficient (Wildman–Crippen LogP) is 5.51. The number of carbonyl (C=O) groups excluding carboxylic acids is 2. The van der Waals surface area contributed by atoms with Gasteiger partial charge in [0.2, 0.25) is 5.95 Å². The number of Topliss-reactive ketones (excluding diaryl/α,β-unsaturated/α-hetero) is 1. The molecule has 0 saturated heterocycles. The lowest BCUT2D eigenvalue weighted by atomic mass is 9.81. The second kappa shape index (κ2) is 7.54. The molecule has 0 saturated carbocycles. The maximum Gasteiger partial charge on any atom is 0.296 e. The number of anilines is 1. The van der Waals surface area contributed by atoms with Gasteiger partial charge in [-0.3, -0.25) is 14.5 Å². The fraction of sp³-hybridized carbons (Fsp3) is 0.346. The molecule has 172 valence electrons. The molecular formula is C26H28FN3O3. The summed E-state index contributed by atoms with van der Waals surface area (Å²) < 4.78 is 13.7. The van der Waals surface area contributed by atoms with Crippen molar-refractivity contribution in [2.24, 2.45) is 5.41 Å². The monoisotopic (exact) mass is 449 g/mol. The van der Waals surface area contributed by atoms with E-state index < -0.39 is 28.9 Å². The summed E-state index contributed by atoms with van der Waals surface area (Å²) in [7, 11) is 0. The molecule has 7 heteroatoms. The number of hydrogen-bond donors (Lipinski definition) is 2. The number of nitrogens with one attached hydrogen (secondary N) is 1. The summed E-state index contributed by atoms with van der Waals surface area (Å²) in [4.78, 5) is 35.3. The Morgan fingerprint density at radius 3 is 2.27 bits per heavy atom. The highest BCUT2D eigenvalue weighted by Gasteiger charge is 2.47. The van der Waals surface area contributed by atoms with Gasteiger partial charge < -0.3 is 10.1 Å². The molecule has 0 bridgehead atoms. The molecule has 0 fully saturated rings. The fourth-order valence-electron chi connectivity index (χ4n) is 4.02. The molecule has 1 aliphatic heterocycles. The van der Waals surface area contributed by atoms with Crippen molar-refractivity contribution in [3.05, 3.63) is 70.7 Å². The average molecular weight is 450 g/mol. The van der Waals surface area contributed by atoms with Gasteiger partial charge in [-0.2, -0.15) is 0 Å². The highest BCUT2D eigenvalue weighted by atomic mass is 19.1. The second-order valence-electron chi connectivity index (χ2n) is 10.5. The summed E-state index contributed by atoms with van der Waals surface area (Å²) in [6, 6.07) is 10.8. The smallest absolute Gasteiger partial charge is 0.296 e. The highest BCUT2D eigenvalue weighted by Crippen LogP contribution is 2.43. The van der Waals surface area contributed by atoms with Crippen molar-refractivity contribution >= 4 is 28.7 Å². The van der Waals surface area contributed by atoms with Crippen molar-refractivity contribution in [3.8, 4) is 0 Å². The molecule has 1 aromatic heterocycles. The Bertz CT molecular complexity index is 1290. The number of carbonyl (C=O) groups is 2. The second-order valence-corrected chi connectivity index (χ2v) is 10.5. The van der Waals surface area contributed by atoms with Gasteiger partial charge in [0.15, 0.2) is 11.5 Å². The molecule has 0 spiro atoms. The van der Waals surface area contributed by atoms with Crippen LogP contribution in [0.15, 0.2) is 53.8 Å². The number of ketones is 1. The summed E-state index contributed by atoms with van der Waals surface area (Å²) >= 11 is 0. The van der Waals surface area contributed by atoms with Gasteiger partial charge in [0.1, 0.15) is 5.82 Å². The van der Waals surface area contributed by atoms with Crippen LogP contribution in [-0.2, 0) is 15.0 Å². The van der Waals surface area contributed by atoms with Crippen molar-refractivity contribution < 1.29 is 19.1 Å². The van der Waals surface area contributed by atoms with Crippen LogP contribution in [0.4, 0.5) is 10.3 Å². The Labute approximate surface area is 192 Å². The molecule has 1 atom stereocenters. The van der Waals surface area contributed by atoms with E-state index in [2.05, 4.69) is 30.7 Å². The van der Waals surface area contributed by atoms with Crippen molar-refractivity contribution in [2.75, 3.05) is 4.90 Å². The molecule has 2 aromatic carbocycles. The largest absolute Gasteiger partial charge is 0.503 e. The number of nitrogens with zero attached hydrogens (tertiary/aromatic N) is 2. The third-order valence-corrected chi connectivity index (χ3v) is 5.89. The summed E-state index contributed by atoms with van der Waals surface area (Å²) in [6.45, 7) is 11.5. The number of imidazole rings is 1. The summed E-state index contributed by atoms with van der Waals surface area (Å²) in [6.07, 6.45) is 0. The lowest BCUT2D eigenvalue weighted by Gasteiger charge is -2.28.